The van der Waals surface area contributed by atoms with E-state index in [1.165, 1.54) is 16.4 Å². The maximum atomic E-state index is 13.6. The van der Waals surface area contributed by atoms with E-state index in [-0.39, 0.29) is 27.8 Å². The normalized spacial score (nSPS) is 27.7. The molecule has 0 aromatic heterocycles. The van der Waals surface area contributed by atoms with Crippen LogP contribution >= 0.6 is 28.3 Å². The molecule has 2 unspecified atom stereocenters. The first-order valence-electron chi connectivity index (χ1n) is 7.07. The van der Waals surface area contributed by atoms with Crippen molar-refractivity contribution >= 4 is 38.4 Å². The van der Waals surface area contributed by atoms with Gasteiger partial charge in [-0.1, -0.05) is 0 Å². The highest BCUT2D eigenvalue weighted by Gasteiger charge is 2.38. The molecule has 0 spiro atoms. The number of rotatable bonds is 3. The number of fused-ring (bicyclic) bond motifs is 2. The highest BCUT2D eigenvalue weighted by atomic mass is 79.9. The van der Waals surface area contributed by atoms with Gasteiger partial charge in [-0.2, -0.15) is 4.31 Å². The summed E-state index contributed by atoms with van der Waals surface area (Å²) in [6.45, 7) is 0. The third-order valence-corrected chi connectivity index (χ3v) is 7.08. The van der Waals surface area contributed by atoms with Crippen LogP contribution in [0.25, 0.3) is 0 Å². The molecular weight excluding hydrogens is 395 g/mol. The molecule has 0 amide bonds. The zero-order valence-corrected chi connectivity index (χ0v) is 15.3. The van der Waals surface area contributed by atoms with Gasteiger partial charge in [0.1, 0.15) is 5.82 Å². The molecule has 0 radical (unpaired) electrons. The van der Waals surface area contributed by atoms with E-state index < -0.39 is 15.8 Å². The van der Waals surface area contributed by atoms with Crippen LogP contribution in [-0.2, 0) is 10.0 Å². The maximum Gasteiger partial charge on any atom is 0.243 e. The minimum Gasteiger partial charge on any atom is -0.311 e. The van der Waals surface area contributed by atoms with Gasteiger partial charge in [0, 0.05) is 25.2 Å². The number of hydrogen-bond acceptors (Lipinski definition) is 3. The first-order valence-corrected chi connectivity index (χ1v) is 9.30. The van der Waals surface area contributed by atoms with Crippen LogP contribution in [0.2, 0.25) is 0 Å². The summed E-state index contributed by atoms with van der Waals surface area (Å²) in [4.78, 5) is 0.0107. The van der Waals surface area contributed by atoms with Crippen LogP contribution in [0.4, 0.5) is 4.39 Å². The Labute approximate surface area is 145 Å². The second-order valence-corrected chi connectivity index (χ2v) is 8.71. The summed E-state index contributed by atoms with van der Waals surface area (Å²) >= 11 is 3.04. The van der Waals surface area contributed by atoms with Gasteiger partial charge in [-0.25, -0.2) is 12.8 Å². The Hall–Kier alpha value is -0.210. The molecule has 22 heavy (non-hydrogen) atoms. The molecule has 1 aromatic carbocycles. The molecule has 2 aliphatic rings. The van der Waals surface area contributed by atoms with Crippen LogP contribution in [0, 0.1) is 5.82 Å². The lowest BCUT2D eigenvalue weighted by atomic mass is 10.0. The van der Waals surface area contributed by atoms with Crippen LogP contribution in [0.5, 0.6) is 0 Å². The van der Waals surface area contributed by atoms with Crippen molar-refractivity contribution in [2.75, 3.05) is 7.05 Å². The van der Waals surface area contributed by atoms with E-state index in [4.69, 9.17) is 0 Å². The predicted molar refractivity (Wildman–Crippen MR) is 89.3 cm³/mol. The fourth-order valence-electron chi connectivity index (χ4n) is 3.32. The Bertz CT molecular complexity index is 646. The second-order valence-electron chi connectivity index (χ2n) is 5.86. The van der Waals surface area contributed by atoms with Crippen molar-refractivity contribution in [1.29, 1.82) is 0 Å². The van der Waals surface area contributed by atoms with Gasteiger partial charge < -0.3 is 5.32 Å². The minimum absolute atomic E-state index is 0. The van der Waals surface area contributed by atoms with Gasteiger partial charge >= 0.3 is 0 Å². The van der Waals surface area contributed by atoms with E-state index in [1.54, 1.807) is 7.05 Å². The SMILES string of the molecule is CN(C1CC2CCC(C1)N2)S(=O)(=O)c1ccc(Br)c(F)c1.Cl. The molecule has 2 saturated heterocycles. The largest absolute Gasteiger partial charge is 0.311 e. The van der Waals surface area contributed by atoms with Gasteiger partial charge in [0.2, 0.25) is 10.0 Å². The third kappa shape index (κ3) is 3.33. The molecule has 2 atom stereocenters. The molecule has 0 saturated carbocycles. The Kier molecular flexibility index (Phi) is 5.54. The van der Waals surface area contributed by atoms with Crippen molar-refractivity contribution in [1.82, 2.24) is 9.62 Å². The third-order valence-electron chi connectivity index (χ3n) is 4.53. The lowest BCUT2D eigenvalue weighted by Crippen LogP contribution is -2.48. The molecule has 1 aromatic rings. The van der Waals surface area contributed by atoms with Crippen LogP contribution in [-0.4, -0.2) is 37.9 Å². The summed E-state index contributed by atoms with van der Waals surface area (Å²) < 4.78 is 40.6. The lowest BCUT2D eigenvalue weighted by Gasteiger charge is -2.34. The number of nitrogens with zero attached hydrogens (tertiary/aromatic N) is 1. The first-order chi connectivity index (χ1) is 9.88. The number of nitrogens with one attached hydrogen (secondary N) is 1. The summed E-state index contributed by atoms with van der Waals surface area (Å²) in [5.41, 5.74) is 0. The summed E-state index contributed by atoms with van der Waals surface area (Å²) in [6, 6.07) is 4.75. The summed E-state index contributed by atoms with van der Waals surface area (Å²) in [5, 5.41) is 3.50. The zero-order chi connectivity index (χ0) is 15.2. The highest BCUT2D eigenvalue weighted by molar-refractivity contribution is 9.10. The monoisotopic (exact) mass is 412 g/mol. The van der Waals surface area contributed by atoms with E-state index in [2.05, 4.69) is 21.2 Å². The predicted octanol–water partition coefficient (Wildman–Crippen LogP) is 2.91. The van der Waals surface area contributed by atoms with Gasteiger partial charge in [-0.3, -0.25) is 0 Å². The zero-order valence-electron chi connectivity index (χ0n) is 12.1. The van der Waals surface area contributed by atoms with Crippen molar-refractivity contribution < 1.29 is 12.8 Å². The minimum atomic E-state index is -3.65. The van der Waals surface area contributed by atoms with E-state index in [1.807, 2.05) is 0 Å². The first kappa shape index (κ1) is 18.1. The van der Waals surface area contributed by atoms with Crippen molar-refractivity contribution in [3.63, 3.8) is 0 Å². The Morgan fingerprint density at radius 3 is 2.41 bits per heavy atom. The maximum absolute atomic E-state index is 13.6. The van der Waals surface area contributed by atoms with Crippen molar-refractivity contribution in [2.45, 2.75) is 48.7 Å². The van der Waals surface area contributed by atoms with Crippen LogP contribution in [0.1, 0.15) is 25.7 Å². The van der Waals surface area contributed by atoms with Gasteiger partial charge in [0.25, 0.3) is 0 Å². The summed E-state index contributed by atoms with van der Waals surface area (Å²) in [7, 11) is -2.05. The Morgan fingerprint density at radius 2 is 1.86 bits per heavy atom. The van der Waals surface area contributed by atoms with E-state index in [9.17, 15) is 12.8 Å². The average molecular weight is 414 g/mol. The number of piperidine rings is 1. The molecule has 3 rings (SSSR count). The molecule has 2 aliphatic heterocycles. The molecule has 4 nitrogen and oxygen atoms in total. The molecule has 2 fully saturated rings. The van der Waals surface area contributed by atoms with Crippen molar-refractivity contribution in [2.24, 2.45) is 0 Å². The highest BCUT2D eigenvalue weighted by Crippen LogP contribution is 2.32. The van der Waals surface area contributed by atoms with Gasteiger partial charge in [0.05, 0.1) is 9.37 Å². The van der Waals surface area contributed by atoms with Gasteiger partial charge in [0.15, 0.2) is 0 Å². The molecular formula is C14H19BrClFN2O2S. The molecule has 2 heterocycles. The fraction of sp³-hybridized carbons (Fsp3) is 0.571. The number of sulfonamides is 1. The Balaban J connectivity index is 0.00000176. The lowest BCUT2D eigenvalue weighted by molar-refractivity contribution is 0.251. The number of benzene rings is 1. The standard InChI is InChI=1S/C14H18BrFN2O2S.ClH/c1-18(11-6-9-2-3-10(7-11)17-9)21(19,20)12-4-5-13(15)14(16)8-12;/h4-5,8-11,17H,2-3,6-7H2,1H3;1H. The summed E-state index contributed by atoms with van der Waals surface area (Å²) in [5.74, 6) is -0.560. The summed E-state index contributed by atoms with van der Waals surface area (Å²) in [6.07, 6.45) is 3.88. The van der Waals surface area contributed by atoms with E-state index in [0.717, 1.165) is 31.7 Å². The van der Waals surface area contributed by atoms with E-state index in [0.29, 0.717) is 12.1 Å². The molecule has 2 bridgehead atoms. The molecule has 124 valence electrons. The van der Waals surface area contributed by atoms with E-state index >= 15 is 0 Å². The van der Waals surface area contributed by atoms with Gasteiger partial charge in [-0.15, -0.1) is 12.4 Å². The molecule has 1 N–H and O–H groups in total. The number of hydrogen-bond donors (Lipinski definition) is 1. The number of halogens is 3. The van der Waals surface area contributed by atoms with Crippen LogP contribution in [0.15, 0.2) is 27.6 Å². The quantitative estimate of drug-likeness (QED) is 0.829. The second kappa shape index (κ2) is 6.73. The molecule has 8 heteroatoms. The van der Waals surface area contributed by atoms with Gasteiger partial charge in [-0.05, 0) is 59.8 Å². The molecule has 0 aliphatic carbocycles. The van der Waals surface area contributed by atoms with Crippen LogP contribution < -0.4 is 5.32 Å². The topological polar surface area (TPSA) is 49.4 Å². The average Bonchev–Trinajstić information content (AvgIpc) is 2.79. The Morgan fingerprint density at radius 1 is 1.27 bits per heavy atom. The van der Waals surface area contributed by atoms with Crippen molar-refractivity contribution in [3.8, 4) is 0 Å². The smallest absolute Gasteiger partial charge is 0.243 e. The van der Waals surface area contributed by atoms with Crippen LogP contribution in [0.3, 0.4) is 0 Å². The van der Waals surface area contributed by atoms with Crippen molar-refractivity contribution in [3.05, 3.63) is 28.5 Å². The fourth-order valence-corrected chi connectivity index (χ4v) is 4.96.